The van der Waals surface area contributed by atoms with Crippen LogP contribution in [0.1, 0.15) is 15.9 Å². The van der Waals surface area contributed by atoms with E-state index in [1.807, 2.05) is 52.5 Å². The van der Waals surface area contributed by atoms with Crippen molar-refractivity contribution in [2.24, 2.45) is 0 Å². The average Bonchev–Trinajstić information content (AvgIpc) is 2.51. The van der Waals surface area contributed by atoms with Gasteiger partial charge in [0, 0.05) is 50.7 Å². The highest BCUT2D eigenvalue weighted by Gasteiger charge is 2.41. The van der Waals surface area contributed by atoms with E-state index in [2.05, 4.69) is 40.7 Å². The zero-order chi connectivity index (χ0) is 17.9. The Hall–Kier alpha value is -1.94. The second-order valence-electron chi connectivity index (χ2n) is 8.32. The number of thiol groups is 1. The van der Waals surface area contributed by atoms with E-state index in [0.29, 0.717) is 0 Å². The first-order chi connectivity index (χ1) is 11.0. The number of benzene rings is 2. The van der Waals surface area contributed by atoms with Crippen molar-refractivity contribution in [2.45, 2.75) is 9.79 Å². The minimum absolute atomic E-state index is 0.154. The minimum Gasteiger partial charge on any atom is -0.378 e. The van der Waals surface area contributed by atoms with E-state index in [-0.39, 0.29) is 5.78 Å². The molecule has 0 bridgehead atoms. The van der Waals surface area contributed by atoms with Crippen LogP contribution in [0.3, 0.4) is 0 Å². The number of ketones is 1. The van der Waals surface area contributed by atoms with Gasteiger partial charge < -0.3 is 9.80 Å². The lowest BCUT2D eigenvalue weighted by Crippen LogP contribution is -2.27. The number of carbonyl (C=O) groups is 1. The number of hydrogen-bond acceptors (Lipinski definition) is 3. The smallest absolute Gasteiger partial charge is 0.195 e. The third-order valence-corrected chi connectivity index (χ3v) is 9.28. The zero-order valence-corrected chi connectivity index (χ0v) is 16.6. The molecule has 1 aliphatic heterocycles. The lowest BCUT2D eigenvalue weighted by Gasteiger charge is -2.56. The SMILES string of the molecule is CN(C)c1ccc2c(c1)[SH](C)(C)(C)c1cc(N(C)C)ccc1C2=O. The molecule has 130 valence electrons. The van der Waals surface area contributed by atoms with Gasteiger partial charge in [-0.3, -0.25) is 4.79 Å². The first kappa shape index (κ1) is 16.9. The molecule has 3 rings (SSSR count). The second-order valence-corrected chi connectivity index (χ2v) is 14.9. The van der Waals surface area contributed by atoms with E-state index in [4.69, 9.17) is 0 Å². The Morgan fingerprint density at radius 2 is 1.08 bits per heavy atom. The van der Waals surface area contributed by atoms with E-state index in [9.17, 15) is 4.79 Å². The summed E-state index contributed by atoms with van der Waals surface area (Å²) in [5.41, 5.74) is 4.04. The molecule has 0 amide bonds. The van der Waals surface area contributed by atoms with Crippen LogP contribution in [-0.2, 0) is 0 Å². The normalized spacial score (nSPS) is 18.8. The highest BCUT2D eigenvalue weighted by Crippen LogP contribution is 2.76. The molecule has 0 aliphatic carbocycles. The van der Waals surface area contributed by atoms with Crippen LogP contribution in [0.2, 0.25) is 0 Å². The molecular weight excluding hydrogens is 316 g/mol. The Morgan fingerprint density at radius 3 is 1.42 bits per heavy atom. The molecule has 3 nitrogen and oxygen atoms in total. The molecular formula is C20H28N2OS. The summed E-state index contributed by atoms with van der Waals surface area (Å²) in [5, 5.41) is 0. The Balaban J connectivity index is 2.35. The molecule has 2 aromatic rings. The van der Waals surface area contributed by atoms with Crippen molar-refractivity contribution >= 4 is 26.3 Å². The maximum atomic E-state index is 13.1. The van der Waals surface area contributed by atoms with E-state index < -0.39 is 9.16 Å². The number of anilines is 2. The fourth-order valence-electron chi connectivity index (χ4n) is 3.55. The molecule has 1 heterocycles. The van der Waals surface area contributed by atoms with Crippen LogP contribution < -0.4 is 9.80 Å². The van der Waals surface area contributed by atoms with Gasteiger partial charge in [-0.2, -0.15) is 0 Å². The summed E-state index contributed by atoms with van der Waals surface area (Å²) in [7, 11) is 5.77. The number of carbonyl (C=O) groups excluding carboxylic acids is 1. The summed E-state index contributed by atoms with van der Waals surface area (Å²) in [5.74, 6) is 0.154. The summed E-state index contributed by atoms with van der Waals surface area (Å²) in [6.45, 7) is 0. The molecule has 0 N–H and O–H groups in total. The van der Waals surface area contributed by atoms with Crippen LogP contribution in [0.5, 0.6) is 0 Å². The van der Waals surface area contributed by atoms with Crippen molar-refractivity contribution in [3.8, 4) is 0 Å². The van der Waals surface area contributed by atoms with Gasteiger partial charge in [0.05, 0.1) is 0 Å². The maximum Gasteiger partial charge on any atom is 0.195 e. The van der Waals surface area contributed by atoms with Gasteiger partial charge in [-0.05, 0) is 65.0 Å². The van der Waals surface area contributed by atoms with Crippen molar-refractivity contribution in [2.75, 3.05) is 56.8 Å². The molecule has 2 aromatic carbocycles. The van der Waals surface area contributed by atoms with Crippen molar-refractivity contribution in [3.05, 3.63) is 47.5 Å². The quantitative estimate of drug-likeness (QED) is 0.840. The molecule has 4 heteroatoms. The summed E-state index contributed by atoms with van der Waals surface area (Å²) >= 11 is 0. The molecule has 1 aliphatic rings. The maximum absolute atomic E-state index is 13.1. The summed E-state index contributed by atoms with van der Waals surface area (Å²) in [6, 6.07) is 12.5. The van der Waals surface area contributed by atoms with Gasteiger partial charge in [0.2, 0.25) is 0 Å². The van der Waals surface area contributed by atoms with Crippen molar-refractivity contribution in [1.29, 1.82) is 0 Å². The van der Waals surface area contributed by atoms with Crippen molar-refractivity contribution in [3.63, 3.8) is 0 Å². The van der Waals surface area contributed by atoms with Crippen LogP contribution in [0, 0.1) is 0 Å². The Bertz CT molecular complexity index is 779. The zero-order valence-electron chi connectivity index (χ0n) is 15.7. The molecule has 0 unspecified atom stereocenters. The fraction of sp³-hybridized carbons (Fsp3) is 0.350. The average molecular weight is 345 g/mol. The van der Waals surface area contributed by atoms with Crippen molar-refractivity contribution in [1.82, 2.24) is 0 Å². The number of hydrogen-bond donors (Lipinski definition) is 1. The fourth-order valence-corrected chi connectivity index (χ4v) is 7.02. The van der Waals surface area contributed by atoms with Gasteiger partial charge >= 0.3 is 0 Å². The predicted molar refractivity (Wildman–Crippen MR) is 108 cm³/mol. The lowest BCUT2D eigenvalue weighted by atomic mass is 10.0. The lowest BCUT2D eigenvalue weighted by molar-refractivity contribution is 0.103. The van der Waals surface area contributed by atoms with Gasteiger partial charge in [-0.15, -0.1) is 0 Å². The van der Waals surface area contributed by atoms with E-state index in [1.165, 1.54) is 9.79 Å². The first-order valence-electron chi connectivity index (χ1n) is 8.21. The number of rotatable bonds is 2. The van der Waals surface area contributed by atoms with Gasteiger partial charge in [-0.1, -0.05) is 0 Å². The van der Waals surface area contributed by atoms with Crippen LogP contribution in [0.15, 0.2) is 46.2 Å². The van der Waals surface area contributed by atoms with Gasteiger partial charge in [0.15, 0.2) is 5.78 Å². The predicted octanol–water partition coefficient (Wildman–Crippen LogP) is 3.74. The summed E-state index contributed by atoms with van der Waals surface area (Å²) < 4.78 is 0. The largest absolute Gasteiger partial charge is 0.378 e. The highest BCUT2D eigenvalue weighted by molar-refractivity contribution is 8.48. The molecule has 0 aromatic heterocycles. The molecule has 0 fully saturated rings. The molecule has 0 saturated heterocycles. The van der Waals surface area contributed by atoms with Crippen molar-refractivity contribution < 1.29 is 4.79 Å². The molecule has 0 atom stereocenters. The molecule has 0 spiro atoms. The summed E-state index contributed by atoms with van der Waals surface area (Å²) in [6.07, 6.45) is 7.07. The topological polar surface area (TPSA) is 23.6 Å². The third kappa shape index (κ3) is 2.32. The molecule has 0 radical (unpaired) electrons. The Labute approximate surface area is 145 Å². The Morgan fingerprint density at radius 1 is 0.708 bits per heavy atom. The van der Waals surface area contributed by atoms with E-state index >= 15 is 0 Å². The molecule has 24 heavy (non-hydrogen) atoms. The second kappa shape index (κ2) is 5.03. The first-order valence-corrected chi connectivity index (χ1v) is 11.8. The molecule has 0 saturated carbocycles. The van der Waals surface area contributed by atoms with Crippen LogP contribution >= 0.6 is 9.16 Å². The highest BCUT2D eigenvalue weighted by atomic mass is 32.3. The van der Waals surface area contributed by atoms with Gasteiger partial charge in [-0.25, -0.2) is 9.16 Å². The van der Waals surface area contributed by atoms with E-state index in [0.717, 1.165) is 22.5 Å². The van der Waals surface area contributed by atoms with Crippen LogP contribution in [-0.4, -0.2) is 52.7 Å². The van der Waals surface area contributed by atoms with Gasteiger partial charge in [0.1, 0.15) is 0 Å². The van der Waals surface area contributed by atoms with E-state index in [1.54, 1.807) is 0 Å². The summed E-state index contributed by atoms with van der Waals surface area (Å²) in [4.78, 5) is 19.7. The minimum atomic E-state index is -2.39. The standard InChI is InChI=1S/C20H28N2OS/c1-21(2)14-8-10-16-18(12-14)24(5,6,7)19-13-15(22(3)4)9-11-17(19)20(16)23/h8-13,24H,1-7H3. The van der Waals surface area contributed by atoms with Crippen LogP contribution in [0.4, 0.5) is 11.4 Å². The van der Waals surface area contributed by atoms with Crippen LogP contribution in [0.25, 0.3) is 0 Å². The third-order valence-electron chi connectivity index (χ3n) is 5.17. The number of nitrogens with zero attached hydrogens (tertiary/aromatic N) is 2. The monoisotopic (exact) mass is 344 g/mol. The Kier molecular flexibility index (Phi) is 3.54. The number of fused-ring (bicyclic) bond motifs is 2. The van der Waals surface area contributed by atoms with Gasteiger partial charge in [0.25, 0.3) is 0 Å².